The van der Waals surface area contributed by atoms with Crippen molar-refractivity contribution in [3.05, 3.63) is 59.7 Å². The molecular weight excluding hydrogens is 432 g/mol. The number of nitrogens with one attached hydrogen (secondary N) is 1. The minimum absolute atomic E-state index is 0.0650. The Morgan fingerprint density at radius 2 is 1.65 bits per heavy atom. The summed E-state index contributed by atoms with van der Waals surface area (Å²) >= 11 is 0. The van der Waals surface area contributed by atoms with E-state index >= 15 is 0 Å². The van der Waals surface area contributed by atoms with Crippen molar-refractivity contribution in [3.8, 4) is 11.1 Å². The highest BCUT2D eigenvalue weighted by molar-refractivity contribution is 5.87. The highest BCUT2D eigenvalue weighted by atomic mass is 16.5. The second-order valence-corrected chi connectivity index (χ2v) is 9.55. The third-order valence-electron chi connectivity index (χ3n) is 7.14. The zero-order valence-electron chi connectivity index (χ0n) is 19.9. The van der Waals surface area contributed by atoms with Gasteiger partial charge in [0.1, 0.15) is 12.6 Å². The summed E-state index contributed by atoms with van der Waals surface area (Å²) in [6.45, 7) is 6.13. The molecule has 2 N–H and O–H groups in total. The van der Waals surface area contributed by atoms with E-state index in [2.05, 4.69) is 29.6 Å². The predicted octanol–water partition coefficient (Wildman–Crippen LogP) is 4.26. The molecule has 2 amide bonds. The van der Waals surface area contributed by atoms with Crippen molar-refractivity contribution in [2.24, 2.45) is 11.8 Å². The van der Waals surface area contributed by atoms with Crippen LogP contribution in [0.1, 0.15) is 50.7 Å². The third-order valence-corrected chi connectivity index (χ3v) is 7.14. The molecule has 0 radical (unpaired) electrons. The molecule has 2 aromatic carbocycles. The van der Waals surface area contributed by atoms with Crippen molar-refractivity contribution in [2.45, 2.75) is 51.6 Å². The SMILES string of the molecule is CC(C)[C@@H](NC(=O)OCC1c2ccccc2-c2ccccc21)C(=O)N1CCC[C@@H](C(=O)O)[C@H]1C. The van der Waals surface area contributed by atoms with Gasteiger partial charge >= 0.3 is 12.1 Å². The van der Waals surface area contributed by atoms with Crippen LogP contribution in [0, 0.1) is 11.8 Å². The van der Waals surface area contributed by atoms with Gasteiger partial charge in [-0.3, -0.25) is 9.59 Å². The highest BCUT2D eigenvalue weighted by Crippen LogP contribution is 2.44. The van der Waals surface area contributed by atoms with Crippen molar-refractivity contribution in [1.29, 1.82) is 0 Å². The molecular formula is C27H32N2O5. The smallest absolute Gasteiger partial charge is 0.407 e. The number of aliphatic carboxylic acids is 1. The van der Waals surface area contributed by atoms with Crippen molar-refractivity contribution >= 4 is 18.0 Å². The molecule has 4 rings (SSSR count). The number of fused-ring (bicyclic) bond motifs is 3. The number of carbonyl (C=O) groups excluding carboxylic acids is 2. The summed E-state index contributed by atoms with van der Waals surface area (Å²) in [5.74, 6) is -1.99. The van der Waals surface area contributed by atoms with Gasteiger partial charge in [0.25, 0.3) is 0 Å². The minimum atomic E-state index is -0.893. The molecule has 7 heteroatoms. The van der Waals surface area contributed by atoms with Crippen LogP contribution in [0.3, 0.4) is 0 Å². The molecule has 0 saturated carbocycles. The average molecular weight is 465 g/mol. The first-order valence-corrected chi connectivity index (χ1v) is 11.9. The van der Waals surface area contributed by atoms with Crippen molar-refractivity contribution < 1.29 is 24.2 Å². The largest absolute Gasteiger partial charge is 0.481 e. The van der Waals surface area contributed by atoms with Crippen LogP contribution in [0.15, 0.2) is 48.5 Å². The second kappa shape index (κ2) is 9.87. The second-order valence-electron chi connectivity index (χ2n) is 9.55. The fourth-order valence-corrected chi connectivity index (χ4v) is 5.24. The van der Waals surface area contributed by atoms with Crippen LogP contribution in [0.5, 0.6) is 0 Å². The summed E-state index contributed by atoms with van der Waals surface area (Å²) in [7, 11) is 0. The Kier molecular flexibility index (Phi) is 6.91. The number of piperidine rings is 1. The Balaban J connectivity index is 1.43. The molecule has 1 aliphatic heterocycles. The Morgan fingerprint density at radius 3 is 2.21 bits per heavy atom. The number of amides is 2. The van der Waals surface area contributed by atoms with Crippen LogP contribution in [-0.2, 0) is 14.3 Å². The average Bonchev–Trinajstić information content (AvgIpc) is 3.14. The summed E-state index contributed by atoms with van der Waals surface area (Å²) in [5, 5.41) is 12.2. The maximum atomic E-state index is 13.3. The van der Waals surface area contributed by atoms with E-state index in [4.69, 9.17) is 4.74 Å². The molecule has 1 fully saturated rings. The van der Waals surface area contributed by atoms with E-state index < -0.39 is 30.1 Å². The van der Waals surface area contributed by atoms with Gasteiger partial charge < -0.3 is 20.1 Å². The van der Waals surface area contributed by atoms with Crippen LogP contribution in [0.25, 0.3) is 11.1 Å². The van der Waals surface area contributed by atoms with E-state index in [0.717, 1.165) is 22.3 Å². The van der Waals surface area contributed by atoms with Crippen LogP contribution in [0.4, 0.5) is 4.79 Å². The van der Waals surface area contributed by atoms with E-state index in [1.807, 2.05) is 38.1 Å². The molecule has 1 aliphatic carbocycles. The summed E-state index contributed by atoms with van der Waals surface area (Å²) in [6, 6.07) is 15.0. The van der Waals surface area contributed by atoms with Crippen LogP contribution < -0.4 is 5.32 Å². The molecule has 0 bridgehead atoms. The maximum absolute atomic E-state index is 13.3. The first kappa shape index (κ1) is 23.8. The van der Waals surface area contributed by atoms with Crippen molar-refractivity contribution in [2.75, 3.05) is 13.2 Å². The van der Waals surface area contributed by atoms with Gasteiger partial charge in [0.2, 0.25) is 5.91 Å². The van der Waals surface area contributed by atoms with Gasteiger partial charge in [-0.05, 0) is 47.9 Å². The number of hydrogen-bond donors (Lipinski definition) is 2. The topological polar surface area (TPSA) is 95.9 Å². The molecule has 7 nitrogen and oxygen atoms in total. The van der Waals surface area contributed by atoms with E-state index in [0.29, 0.717) is 19.4 Å². The fourth-order valence-electron chi connectivity index (χ4n) is 5.24. The molecule has 0 aromatic heterocycles. The molecule has 1 heterocycles. The summed E-state index contributed by atoms with van der Waals surface area (Å²) in [6.07, 6.45) is 0.531. The molecule has 2 aliphatic rings. The molecule has 2 aromatic rings. The van der Waals surface area contributed by atoms with Crippen LogP contribution >= 0.6 is 0 Å². The van der Waals surface area contributed by atoms with Gasteiger partial charge in [0, 0.05) is 18.5 Å². The number of ether oxygens (including phenoxy) is 1. The lowest BCUT2D eigenvalue weighted by atomic mass is 9.89. The van der Waals surface area contributed by atoms with Crippen molar-refractivity contribution in [3.63, 3.8) is 0 Å². The van der Waals surface area contributed by atoms with E-state index in [1.54, 1.807) is 11.8 Å². The van der Waals surface area contributed by atoms with Crippen molar-refractivity contribution in [1.82, 2.24) is 10.2 Å². The number of nitrogens with zero attached hydrogens (tertiary/aromatic N) is 1. The molecule has 0 spiro atoms. The lowest BCUT2D eigenvalue weighted by Crippen LogP contribution is -2.57. The standard InChI is InChI=1S/C27H32N2O5/c1-16(2)24(25(30)29-14-8-13-18(17(29)3)26(31)32)28-27(33)34-15-23-21-11-6-4-9-19(21)20-10-5-7-12-22(20)23/h4-7,9-12,16-18,23-24H,8,13-15H2,1-3H3,(H,28,33)(H,31,32)/t17-,18-,24-/m1/s1. The molecule has 3 atom stereocenters. The number of carboxylic acid groups (broad SMARTS) is 1. The maximum Gasteiger partial charge on any atom is 0.407 e. The van der Waals surface area contributed by atoms with Crippen LogP contribution in [0.2, 0.25) is 0 Å². The van der Waals surface area contributed by atoms with E-state index in [9.17, 15) is 19.5 Å². The summed E-state index contributed by atoms with van der Waals surface area (Å²) in [5.41, 5.74) is 4.54. The number of carbonyl (C=O) groups is 3. The fraction of sp³-hybridized carbons (Fsp3) is 0.444. The lowest BCUT2D eigenvalue weighted by molar-refractivity contribution is -0.150. The molecule has 1 saturated heterocycles. The van der Waals surface area contributed by atoms with Gasteiger partial charge in [0.05, 0.1) is 5.92 Å². The Bertz CT molecular complexity index is 1040. The lowest BCUT2D eigenvalue weighted by Gasteiger charge is -2.40. The Hall–Kier alpha value is -3.35. The molecule has 0 unspecified atom stereocenters. The Morgan fingerprint density at radius 1 is 1.06 bits per heavy atom. The van der Waals surface area contributed by atoms with Gasteiger partial charge in [-0.1, -0.05) is 62.4 Å². The minimum Gasteiger partial charge on any atom is -0.481 e. The quantitative estimate of drug-likeness (QED) is 0.666. The zero-order valence-corrected chi connectivity index (χ0v) is 19.9. The number of alkyl carbamates (subject to hydrolysis) is 1. The number of rotatable bonds is 6. The zero-order chi connectivity index (χ0) is 24.4. The first-order valence-electron chi connectivity index (χ1n) is 11.9. The predicted molar refractivity (Wildman–Crippen MR) is 128 cm³/mol. The monoisotopic (exact) mass is 464 g/mol. The highest BCUT2D eigenvalue weighted by Gasteiger charge is 2.39. The van der Waals surface area contributed by atoms with Gasteiger partial charge in [-0.15, -0.1) is 0 Å². The van der Waals surface area contributed by atoms with E-state index in [1.165, 1.54) is 0 Å². The first-order chi connectivity index (χ1) is 16.3. The van der Waals surface area contributed by atoms with Gasteiger partial charge in [0.15, 0.2) is 0 Å². The van der Waals surface area contributed by atoms with E-state index in [-0.39, 0.29) is 24.3 Å². The number of hydrogen-bond acceptors (Lipinski definition) is 4. The molecule has 180 valence electrons. The van der Waals surface area contributed by atoms with Gasteiger partial charge in [-0.2, -0.15) is 0 Å². The van der Waals surface area contributed by atoms with Crippen LogP contribution in [-0.4, -0.2) is 53.2 Å². The Labute approximate surface area is 200 Å². The number of benzene rings is 2. The molecule has 34 heavy (non-hydrogen) atoms. The third kappa shape index (κ3) is 4.52. The van der Waals surface area contributed by atoms with Gasteiger partial charge in [-0.25, -0.2) is 4.79 Å². The summed E-state index contributed by atoms with van der Waals surface area (Å²) < 4.78 is 5.63. The number of carboxylic acids is 1. The normalized spacial score (nSPS) is 20.4. The number of likely N-dealkylation sites (tertiary alicyclic amines) is 1. The summed E-state index contributed by atoms with van der Waals surface area (Å²) in [4.78, 5) is 39.3.